The van der Waals surface area contributed by atoms with E-state index in [0.29, 0.717) is 10.0 Å². The lowest BCUT2D eigenvalue weighted by Crippen LogP contribution is -2.24. The fraction of sp³-hybridized carbons (Fsp3) is 0.267. The summed E-state index contributed by atoms with van der Waals surface area (Å²) in [5, 5.41) is 4.57. The molecule has 1 atom stereocenters. The van der Waals surface area contributed by atoms with Gasteiger partial charge in [0.25, 0.3) is 0 Å². The molecule has 1 unspecified atom stereocenters. The van der Waals surface area contributed by atoms with Gasteiger partial charge in [-0.2, -0.15) is 0 Å². The molecule has 0 fully saturated rings. The van der Waals surface area contributed by atoms with Crippen LogP contribution in [0.25, 0.3) is 0 Å². The molecule has 1 aromatic heterocycles. The van der Waals surface area contributed by atoms with Gasteiger partial charge in [0.2, 0.25) is 0 Å². The Hall–Kier alpha value is -0.610. The van der Waals surface area contributed by atoms with Crippen molar-refractivity contribution in [1.82, 2.24) is 10.3 Å². The maximum atomic E-state index is 6.26. The Balaban J connectivity index is 2.26. The van der Waals surface area contributed by atoms with Crippen molar-refractivity contribution in [2.45, 2.75) is 19.4 Å². The zero-order valence-corrected chi connectivity index (χ0v) is 14.1. The number of aromatic nitrogens is 1. The van der Waals surface area contributed by atoms with Gasteiger partial charge >= 0.3 is 0 Å². The van der Waals surface area contributed by atoms with Crippen LogP contribution in [0.3, 0.4) is 0 Å². The SMILES string of the molecule is CCNC(Cc1cccc(Br)c1)c1ncc(Cl)cc1Cl. The predicted molar refractivity (Wildman–Crippen MR) is 88.5 cm³/mol. The molecule has 2 nitrogen and oxygen atoms in total. The van der Waals surface area contributed by atoms with E-state index in [-0.39, 0.29) is 6.04 Å². The average Bonchev–Trinajstić information content (AvgIpc) is 2.38. The molecule has 0 saturated heterocycles. The summed E-state index contributed by atoms with van der Waals surface area (Å²) in [4.78, 5) is 4.38. The van der Waals surface area contributed by atoms with Crippen molar-refractivity contribution in [3.63, 3.8) is 0 Å². The lowest BCUT2D eigenvalue weighted by molar-refractivity contribution is 0.537. The molecule has 20 heavy (non-hydrogen) atoms. The van der Waals surface area contributed by atoms with Crippen LogP contribution < -0.4 is 5.32 Å². The number of hydrogen-bond donors (Lipinski definition) is 1. The van der Waals surface area contributed by atoms with Crippen LogP contribution in [0.4, 0.5) is 0 Å². The summed E-state index contributed by atoms with van der Waals surface area (Å²) >= 11 is 15.7. The first-order chi connectivity index (χ1) is 9.60. The highest BCUT2D eigenvalue weighted by atomic mass is 79.9. The molecule has 0 aliphatic heterocycles. The predicted octanol–water partition coefficient (Wildman–Crippen LogP) is 5.04. The number of halogens is 3. The van der Waals surface area contributed by atoms with E-state index in [4.69, 9.17) is 23.2 Å². The third-order valence-corrected chi connectivity index (χ3v) is 3.95. The van der Waals surface area contributed by atoms with Gasteiger partial charge in [-0.3, -0.25) is 4.98 Å². The van der Waals surface area contributed by atoms with Crippen molar-refractivity contribution in [2.24, 2.45) is 0 Å². The van der Waals surface area contributed by atoms with E-state index >= 15 is 0 Å². The van der Waals surface area contributed by atoms with Crippen molar-refractivity contribution < 1.29 is 0 Å². The van der Waals surface area contributed by atoms with Gasteiger partial charge in [-0.15, -0.1) is 0 Å². The number of hydrogen-bond acceptors (Lipinski definition) is 2. The van der Waals surface area contributed by atoms with Gasteiger partial charge in [0.05, 0.1) is 21.8 Å². The average molecular weight is 374 g/mol. The lowest BCUT2D eigenvalue weighted by atomic mass is 10.0. The largest absolute Gasteiger partial charge is 0.309 e. The van der Waals surface area contributed by atoms with Crippen LogP contribution >= 0.6 is 39.1 Å². The van der Waals surface area contributed by atoms with Gasteiger partial charge in [-0.25, -0.2) is 0 Å². The summed E-state index contributed by atoms with van der Waals surface area (Å²) in [5.74, 6) is 0. The molecular weight excluding hydrogens is 359 g/mol. The molecule has 2 rings (SSSR count). The van der Waals surface area contributed by atoms with E-state index in [2.05, 4.69) is 45.3 Å². The Morgan fingerprint density at radius 1 is 1.30 bits per heavy atom. The standard InChI is InChI=1S/C15H15BrCl2N2/c1-2-19-14(7-10-4-3-5-11(16)6-10)15-13(18)8-12(17)9-20-15/h3-6,8-9,14,19H,2,7H2,1H3. The quantitative estimate of drug-likeness (QED) is 0.793. The first kappa shape index (κ1) is 15.8. The lowest BCUT2D eigenvalue weighted by Gasteiger charge is -2.19. The first-order valence-electron chi connectivity index (χ1n) is 6.39. The molecule has 0 saturated carbocycles. The molecule has 2 aromatic rings. The van der Waals surface area contributed by atoms with Gasteiger partial charge in [0.15, 0.2) is 0 Å². The van der Waals surface area contributed by atoms with Crippen LogP contribution in [0, 0.1) is 0 Å². The molecule has 1 heterocycles. The van der Waals surface area contributed by atoms with Crippen LogP contribution in [0.2, 0.25) is 10.0 Å². The van der Waals surface area contributed by atoms with Crippen molar-refractivity contribution in [1.29, 1.82) is 0 Å². The number of pyridine rings is 1. The van der Waals surface area contributed by atoms with Crippen LogP contribution in [-0.2, 0) is 6.42 Å². The summed E-state index contributed by atoms with van der Waals surface area (Å²) in [6.45, 7) is 2.91. The summed E-state index contributed by atoms with van der Waals surface area (Å²) < 4.78 is 1.07. The van der Waals surface area contributed by atoms with Crippen molar-refractivity contribution >= 4 is 39.1 Å². The molecule has 0 aliphatic carbocycles. The van der Waals surface area contributed by atoms with Crippen LogP contribution in [0.5, 0.6) is 0 Å². The number of likely N-dealkylation sites (N-methyl/N-ethyl adjacent to an activating group) is 1. The Morgan fingerprint density at radius 3 is 2.75 bits per heavy atom. The molecule has 0 amide bonds. The second-order valence-electron chi connectivity index (χ2n) is 4.46. The maximum Gasteiger partial charge on any atom is 0.0763 e. The van der Waals surface area contributed by atoms with Crippen LogP contribution in [0.1, 0.15) is 24.2 Å². The number of nitrogens with one attached hydrogen (secondary N) is 1. The van der Waals surface area contributed by atoms with Gasteiger partial charge < -0.3 is 5.32 Å². The highest BCUT2D eigenvalue weighted by Crippen LogP contribution is 2.26. The van der Waals surface area contributed by atoms with Crippen molar-refractivity contribution in [3.8, 4) is 0 Å². The zero-order chi connectivity index (χ0) is 14.5. The third kappa shape index (κ3) is 4.19. The molecule has 5 heteroatoms. The Bertz CT molecular complexity index is 590. The van der Waals surface area contributed by atoms with Gasteiger partial charge in [-0.1, -0.05) is 58.2 Å². The highest BCUT2D eigenvalue weighted by Gasteiger charge is 2.16. The zero-order valence-electron chi connectivity index (χ0n) is 11.0. The second kappa shape index (κ2) is 7.41. The smallest absolute Gasteiger partial charge is 0.0763 e. The molecule has 0 bridgehead atoms. The summed E-state index contributed by atoms with van der Waals surface area (Å²) in [5.41, 5.74) is 2.05. The summed E-state index contributed by atoms with van der Waals surface area (Å²) in [6, 6.07) is 10.0. The van der Waals surface area contributed by atoms with Gasteiger partial charge in [-0.05, 0) is 36.7 Å². The minimum Gasteiger partial charge on any atom is -0.309 e. The molecule has 0 aliphatic rings. The van der Waals surface area contributed by atoms with Crippen LogP contribution in [0.15, 0.2) is 41.0 Å². The van der Waals surface area contributed by atoms with E-state index in [1.54, 1.807) is 12.3 Å². The fourth-order valence-corrected chi connectivity index (χ4v) is 3.05. The van der Waals surface area contributed by atoms with E-state index in [0.717, 1.165) is 23.1 Å². The second-order valence-corrected chi connectivity index (χ2v) is 6.22. The summed E-state index contributed by atoms with van der Waals surface area (Å²) in [6.07, 6.45) is 2.45. The molecule has 0 spiro atoms. The van der Waals surface area contributed by atoms with Gasteiger partial charge in [0, 0.05) is 10.7 Å². The Kier molecular flexibility index (Phi) is 5.85. The summed E-state index contributed by atoms with van der Waals surface area (Å²) in [7, 11) is 0. The molecular formula is C15H15BrCl2N2. The Morgan fingerprint density at radius 2 is 2.10 bits per heavy atom. The van der Waals surface area contributed by atoms with Crippen LogP contribution in [-0.4, -0.2) is 11.5 Å². The molecule has 1 N–H and O–H groups in total. The van der Waals surface area contributed by atoms with E-state index < -0.39 is 0 Å². The number of rotatable bonds is 5. The van der Waals surface area contributed by atoms with Crippen molar-refractivity contribution in [3.05, 3.63) is 62.3 Å². The number of nitrogens with zero attached hydrogens (tertiary/aromatic N) is 1. The third-order valence-electron chi connectivity index (χ3n) is 2.95. The fourth-order valence-electron chi connectivity index (χ4n) is 2.09. The van der Waals surface area contributed by atoms with Gasteiger partial charge in [0.1, 0.15) is 0 Å². The first-order valence-corrected chi connectivity index (χ1v) is 7.93. The number of benzene rings is 1. The minimum atomic E-state index is 0.0686. The minimum absolute atomic E-state index is 0.0686. The molecule has 106 valence electrons. The topological polar surface area (TPSA) is 24.9 Å². The monoisotopic (exact) mass is 372 g/mol. The van der Waals surface area contributed by atoms with E-state index in [9.17, 15) is 0 Å². The Labute approximate surface area is 137 Å². The normalized spacial score (nSPS) is 12.4. The van der Waals surface area contributed by atoms with Crippen molar-refractivity contribution in [2.75, 3.05) is 6.54 Å². The molecule has 1 aromatic carbocycles. The highest BCUT2D eigenvalue weighted by molar-refractivity contribution is 9.10. The maximum absolute atomic E-state index is 6.26. The van der Waals surface area contributed by atoms with E-state index in [1.165, 1.54) is 5.56 Å². The molecule has 0 radical (unpaired) electrons. The van der Waals surface area contributed by atoms with E-state index in [1.807, 2.05) is 12.1 Å².